The minimum Gasteiger partial charge on any atom is -0.457 e. The Hall–Kier alpha value is -2.73. The first kappa shape index (κ1) is 18.1. The van der Waals surface area contributed by atoms with Gasteiger partial charge < -0.3 is 4.74 Å². The molecule has 0 aliphatic rings. The lowest BCUT2D eigenvalue weighted by molar-refractivity contribution is -0.142. The van der Waals surface area contributed by atoms with E-state index in [9.17, 15) is 9.59 Å². The summed E-state index contributed by atoms with van der Waals surface area (Å²) in [5.74, 6) is -0.565. The minimum atomic E-state index is -0.365. The maximum Gasteiger partial charge on any atom is 0.306 e. The van der Waals surface area contributed by atoms with Gasteiger partial charge in [-0.3, -0.25) is 14.2 Å². The third-order valence-electron chi connectivity index (χ3n) is 4.17. The highest BCUT2D eigenvalue weighted by molar-refractivity contribution is 7.12. The third-order valence-corrected chi connectivity index (χ3v) is 4.92. The molecule has 0 atom stereocenters. The number of rotatable bonds is 7. The van der Waals surface area contributed by atoms with Crippen LogP contribution in [0.15, 0.2) is 48.0 Å². The summed E-state index contributed by atoms with van der Waals surface area (Å²) in [6, 6.07) is 11.5. The third kappa shape index (κ3) is 4.08. The first-order valence-corrected chi connectivity index (χ1v) is 9.26. The van der Waals surface area contributed by atoms with Crippen LogP contribution in [0.1, 0.15) is 33.7 Å². The molecule has 134 valence electrons. The smallest absolute Gasteiger partial charge is 0.306 e. The number of esters is 1. The quantitative estimate of drug-likeness (QED) is 0.469. The second kappa shape index (κ2) is 8.10. The Labute approximate surface area is 156 Å². The number of nitrogens with zero attached hydrogens (tertiary/aromatic N) is 2. The van der Waals surface area contributed by atoms with Crippen molar-refractivity contribution in [3.05, 3.63) is 70.5 Å². The second-order valence-electron chi connectivity index (χ2n) is 6.00. The van der Waals surface area contributed by atoms with Crippen molar-refractivity contribution in [2.24, 2.45) is 0 Å². The van der Waals surface area contributed by atoms with Crippen LogP contribution in [0.3, 0.4) is 0 Å². The molecule has 0 amide bonds. The summed E-state index contributed by atoms with van der Waals surface area (Å²) in [6.07, 6.45) is 2.59. The Bertz CT molecular complexity index is 899. The van der Waals surface area contributed by atoms with Gasteiger partial charge in [0.1, 0.15) is 0 Å². The standard InChI is InChI=1S/C20H20N2O3S/c1-14-12-17(15(2)22(14)20-21-10-11-26-20)18(23)13-25-19(24)9-8-16-6-4-3-5-7-16/h3-7,10-12H,8-9,13H2,1-2H3. The van der Waals surface area contributed by atoms with Crippen LogP contribution in [0.4, 0.5) is 0 Å². The van der Waals surface area contributed by atoms with Crippen molar-refractivity contribution >= 4 is 23.1 Å². The number of hydrogen-bond donors (Lipinski definition) is 0. The lowest BCUT2D eigenvalue weighted by Gasteiger charge is -2.06. The van der Waals surface area contributed by atoms with E-state index in [1.165, 1.54) is 11.3 Å². The number of benzene rings is 1. The molecule has 0 saturated carbocycles. The zero-order chi connectivity index (χ0) is 18.5. The van der Waals surface area contributed by atoms with Gasteiger partial charge in [-0.2, -0.15) is 0 Å². The summed E-state index contributed by atoms with van der Waals surface area (Å²) >= 11 is 1.51. The van der Waals surface area contributed by atoms with E-state index in [0.717, 1.165) is 22.1 Å². The number of carbonyl (C=O) groups excluding carboxylic acids is 2. The van der Waals surface area contributed by atoms with Crippen molar-refractivity contribution in [3.63, 3.8) is 0 Å². The van der Waals surface area contributed by atoms with Gasteiger partial charge in [-0.05, 0) is 31.9 Å². The van der Waals surface area contributed by atoms with Gasteiger partial charge in [-0.15, -0.1) is 11.3 Å². The topological polar surface area (TPSA) is 61.2 Å². The van der Waals surface area contributed by atoms with Crippen LogP contribution in [-0.2, 0) is 16.0 Å². The highest BCUT2D eigenvalue weighted by Crippen LogP contribution is 2.22. The molecule has 5 nitrogen and oxygen atoms in total. The maximum atomic E-state index is 12.5. The fraction of sp³-hybridized carbons (Fsp3) is 0.250. The summed E-state index contributed by atoms with van der Waals surface area (Å²) in [6.45, 7) is 3.56. The fourth-order valence-corrected chi connectivity index (χ4v) is 3.60. The lowest BCUT2D eigenvalue weighted by atomic mass is 10.1. The van der Waals surface area contributed by atoms with Crippen molar-refractivity contribution in [2.75, 3.05) is 6.61 Å². The van der Waals surface area contributed by atoms with E-state index in [0.29, 0.717) is 12.0 Å². The SMILES string of the molecule is Cc1cc(C(=O)COC(=O)CCc2ccccc2)c(C)n1-c1nccs1. The van der Waals surface area contributed by atoms with Gasteiger partial charge in [0.15, 0.2) is 11.7 Å². The van der Waals surface area contributed by atoms with Gasteiger partial charge in [-0.1, -0.05) is 30.3 Å². The number of carbonyl (C=O) groups is 2. The van der Waals surface area contributed by atoms with Crippen molar-refractivity contribution in [3.8, 4) is 5.13 Å². The van der Waals surface area contributed by atoms with E-state index < -0.39 is 0 Å². The largest absolute Gasteiger partial charge is 0.457 e. The van der Waals surface area contributed by atoms with E-state index >= 15 is 0 Å². The highest BCUT2D eigenvalue weighted by atomic mass is 32.1. The van der Waals surface area contributed by atoms with E-state index in [-0.39, 0.29) is 24.8 Å². The molecule has 2 heterocycles. The Morgan fingerprint density at radius 2 is 1.96 bits per heavy atom. The lowest BCUT2D eigenvalue weighted by Crippen LogP contribution is -2.15. The van der Waals surface area contributed by atoms with E-state index in [1.807, 2.05) is 60.2 Å². The highest BCUT2D eigenvalue weighted by Gasteiger charge is 2.19. The molecule has 1 aromatic carbocycles. The van der Waals surface area contributed by atoms with Gasteiger partial charge in [0.05, 0.1) is 0 Å². The molecule has 0 N–H and O–H groups in total. The number of aryl methyl sites for hydroxylation is 2. The fourth-order valence-electron chi connectivity index (χ4n) is 2.85. The van der Waals surface area contributed by atoms with Crippen molar-refractivity contribution in [2.45, 2.75) is 26.7 Å². The zero-order valence-corrected chi connectivity index (χ0v) is 15.6. The Morgan fingerprint density at radius 1 is 1.19 bits per heavy atom. The molecule has 0 spiro atoms. The van der Waals surface area contributed by atoms with Crippen LogP contribution in [0.25, 0.3) is 5.13 Å². The number of ketones is 1. The van der Waals surface area contributed by atoms with Gasteiger partial charge in [-0.25, -0.2) is 4.98 Å². The number of thiazole rings is 1. The van der Waals surface area contributed by atoms with Crippen LogP contribution in [0, 0.1) is 13.8 Å². The molecule has 0 unspecified atom stereocenters. The normalized spacial score (nSPS) is 10.7. The Morgan fingerprint density at radius 3 is 2.65 bits per heavy atom. The number of Topliss-reactive ketones (excluding diaryl/α,β-unsaturated/α-hetero) is 1. The summed E-state index contributed by atoms with van der Waals surface area (Å²) in [4.78, 5) is 28.7. The van der Waals surface area contributed by atoms with Gasteiger partial charge in [0.2, 0.25) is 5.78 Å². The molecule has 3 rings (SSSR count). The molecule has 3 aromatic rings. The zero-order valence-electron chi connectivity index (χ0n) is 14.8. The first-order valence-electron chi connectivity index (χ1n) is 8.38. The average molecular weight is 368 g/mol. The molecule has 0 fully saturated rings. The molecule has 2 aromatic heterocycles. The molecule has 0 bridgehead atoms. The summed E-state index contributed by atoms with van der Waals surface area (Å²) in [5.41, 5.74) is 3.37. The molecule has 0 aliphatic heterocycles. The molecular formula is C20H20N2O3S. The van der Waals surface area contributed by atoms with Gasteiger partial charge >= 0.3 is 5.97 Å². The Kier molecular flexibility index (Phi) is 5.63. The van der Waals surface area contributed by atoms with Gasteiger partial charge in [0.25, 0.3) is 0 Å². The number of ether oxygens (including phenoxy) is 1. The second-order valence-corrected chi connectivity index (χ2v) is 6.88. The molecule has 6 heteroatoms. The minimum absolute atomic E-state index is 0.200. The van der Waals surface area contributed by atoms with Gasteiger partial charge in [0, 0.05) is 34.9 Å². The van der Waals surface area contributed by atoms with E-state index in [1.54, 1.807) is 6.20 Å². The number of aromatic nitrogens is 2. The summed E-state index contributed by atoms with van der Waals surface area (Å²) in [5, 5.41) is 2.71. The van der Waals surface area contributed by atoms with E-state index in [2.05, 4.69) is 4.98 Å². The summed E-state index contributed by atoms with van der Waals surface area (Å²) < 4.78 is 7.10. The predicted molar refractivity (Wildman–Crippen MR) is 101 cm³/mol. The Balaban J connectivity index is 1.58. The van der Waals surface area contributed by atoms with Crippen LogP contribution < -0.4 is 0 Å². The monoisotopic (exact) mass is 368 g/mol. The van der Waals surface area contributed by atoms with Crippen LogP contribution in [0.2, 0.25) is 0 Å². The van der Waals surface area contributed by atoms with Crippen LogP contribution >= 0.6 is 11.3 Å². The maximum absolute atomic E-state index is 12.5. The number of hydrogen-bond acceptors (Lipinski definition) is 5. The van der Waals surface area contributed by atoms with Crippen LogP contribution in [0.5, 0.6) is 0 Å². The van der Waals surface area contributed by atoms with Crippen LogP contribution in [-0.4, -0.2) is 27.9 Å². The molecular weight excluding hydrogens is 348 g/mol. The molecule has 26 heavy (non-hydrogen) atoms. The molecule has 0 aliphatic carbocycles. The van der Waals surface area contributed by atoms with Crippen molar-refractivity contribution in [1.29, 1.82) is 0 Å². The molecule has 0 radical (unpaired) electrons. The summed E-state index contributed by atoms with van der Waals surface area (Å²) in [7, 11) is 0. The van der Waals surface area contributed by atoms with Crippen molar-refractivity contribution in [1.82, 2.24) is 9.55 Å². The first-order chi connectivity index (χ1) is 12.6. The van der Waals surface area contributed by atoms with Crippen molar-refractivity contribution < 1.29 is 14.3 Å². The predicted octanol–water partition coefficient (Wildman–Crippen LogP) is 3.91. The van der Waals surface area contributed by atoms with E-state index in [4.69, 9.17) is 4.74 Å². The molecule has 0 saturated heterocycles. The average Bonchev–Trinajstić information content (AvgIpc) is 3.26.